The number of benzene rings is 1. The normalized spacial score (nSPS) is 30.3. The SMILES string of the molecule is CNC1CCCNC1CC1CCCN(c2ccccc2)C1. The molecule has 3 nitrogen and oxygen atoms in total. The molecule has 2 saturated heterocycles. The van der Waals surface area contributed by atoms with E-state index in [1.165, 1.54) is 57.4 Å². The summed E-state index contributed by atoms with van der Waals surface area (Å²) in [6.07, 6.45) is 6.66. The third kappa shape index (κ3) is 3.78. The van der Waals surface area contributed by atoms with Crippen LogP contribution in [0.15, 0.2) is 30.3 Å². The fraction of sp³-hybridized carbons (Fsp3) is 0.667. The predicted octanol–water partition coefficient (Wildman–Crippen LogP) is 2.63. The van der Waals surface area contributed by atoms with Gasteiger partial charge in [0.15, 0.2) is 0 Å². The summed E-state index contributed by atoms with van der Waals surface area (Å²) < 4.78 is 0. The van der Waals surface area contributed by atoms with Crippen LogP contribution in [0.1, 0.15) is 32.1 Å². The van der Waals surface area contributed by atoms with Gasteiger partial charge in [-0.3, -0.25) is 0 Å². The summed E-state index contributed by atoms with van der Waals surface area (Å²) in [5, 5.41) is 7.25. The smallest absolute Gasteiger partial charge is 0.0366 e. The lowest BCUT2D eigenvalue weighted by Crippen LogP contribution is -2.52. The lowest BCUT2D eigenvalue weighted by Gasteiger charge is -2.39. The van der Waals surface area contributed by atoms with Gasteiger partial charge in [0.2, 0.25) is 0 Å². The van der Waals surface area contributed by atoms with Gasteiger partial charge in [-0.2, -0.15) is 0 Å². The highest BCUT2D eigenvalue weighted by Crippen LogP contribution is 2.27. The molecular weight excluding hydrogens is 258 g/mol. The molecule has 0 radical (unpaired) electrons. The molecule has 1 aromatic rings. The van der Waals surface area contributed by atoms with Crippen LogP contribution >= 0.6 is 0 Å². The van der Waals surface area contributed by atoms with E-state index < -0.39 is 0 Å². The number of likely N-dealkylation sites (N-methyl/N-ethyl adjacent to an activating group) is 1. The predicted molar refractivity (Wildman–Crippen MR) is 89.9 cm³/mol. The molecular formula is C18H29N3. The van der Waals surface area contributed by atoms with E-state index in [9.17, 15) is 0 Å². The molecule has 116 valence electrons. The standard InChI is InChI=1S/C18H29N3/c1-19-17-10-5-11-20-18(17)13-15-7-6-12-21(14-15)16-8-3-2-4-9-16/h2-4,8-9,15,17-20H,5-7,10-14H2,1H3. The molecule has 2 aliphatic heterocycles. The molecule has 3 unspecified atom stereocenters. The first-order chi connectivity index (χ1) is 10.4. The van der Waals surface area contributed by atoms with Crippen molar-refractivity contribution in [3.05, 3.63) is 30.3 Å². The molecule has 2 fully saturated rings. The first kappa shape index (κ1) is 14.9. The summed E-state index contributed by atoms with van der Waals surface area (Å²) >= 11 is 0. The number of piperidine rings is 2. The third-order valence-electron chi connectivity index (χ3n) is 5.18. The van der Waals surface area contributed by atoms with Crippen molar-refractivity contribution >= 4 is 5.69 Å². The Kier molecular flexibility index (Phi) is 5.15. The molecule has 3 rings (SSSR count). The number of para-hydroxylation sites is 1. The van der Waals surface area contributed by atoms with Crippen LogP contribution < -0.4 is 15.5 Å². The summed E-state index contributed by atoms with van der Waals surface area (Å²) in [7, 11) is 2.11. The second kappa shape index (κ2) is 7.28. The van der Waals surface area contributed by atoms with Crippen molar-refractivity contribution in [2.45, 2.75) is 44.2 Å². The minimum absolute atomic E-state index is 0.657. The number of hydrogen-bond donors (Lipinski definition) is 2. The zero-order valence-corrected chi connectivity index (χ0v) is 13.2. The lowest BCUT2D eigenvalue weighted by atomic mass is 9.86. The fourth-order valence-electron chi connectivity index (χ4n) is 4.04. The number of hydrogen-bond acceptors (Lipinski definition) is 3. The number of anilines is 1. The molecule has 3 heteroatoms. The molecule has 0 amide bonds. The molecule has 1 aromatic carbocycles. The largest absolute Gasteiger partial charge is 0.371 e. The van der Waals surface area contributed by atoms with Gasteiger partial charge in [-0.05, 0) is 63.7 Å². The summed E-state index contributed by atoms with van der Waals surface area (Å²) in [5.41, 5.74) is 1.39. The van der Waals surface area contributed by atoms with Crippen LogP contribution in [0, 0.1) is 5.92 Å². The number of rotatable bonds is 4. The minimum Gasteiger partial charge on any atom is -0.371 e. The van der Waals surface area contributed by atoms with Gasteiger partial charge in [0.1, 0.15) is 0 Å². The quantitative estimate of drug-likeness (QED) is 0.891. The van der Waals surface area contributed by atoms with E-state index in [4.69, 9.17) is 0 Å². The Hall–Kier alpha value is -1.06. The van der Waals surface area contributed by atoms with E-state index in [2.05, 4.69) is 52.9 Å². The van der Waals surface area contributed by atoms with E-state index in [0.29, 0.717) is 12.1 Å². The Morgan fingerprint density at radius 3 is 2.86 bits per heavy atom. The van der Waals surface area contributed by atoms with Gasteiger partial charge >= 0.3 is 0 Å². The first-order valence-corrected chi connectivity index (χ1v) is 8.57. The maximum atomic E-state index is 3.74. The van der Waals surface area contributed by atoms with Gasteiger partial charge in [0, 0.05) is 30.9 Å². The van der Waals surface area contributed by atoms with Crippen molar-refractivity contribution in [1.29, 1.82) is 0 Å². The van der Waals surface area contributed by atoms with Crippen molar-refractivity contribution in [3.8, 4) is 0 Å². The summed E-state index contributed by atoms with van der Waals surface area (Å²) in [6.45, 7) is 3.63. The molecule has 0 spiro atoms. The highest BCUT2D eigenvalue weighted by molar-refractivity contribution is 5.46. The molecule has 2 heterocycles. The van der Waals surface area contributed by atoms with E-state index in [0.717, 1.165) is 5.92 Å². The van der Waals surface area contributed by atoms with Gasteiger partial charge in [-0.15, -0.1) is 0 Å². The van der Waals surface area contributed by atoms with Crippen LogP contribution in [-0.4, -0.2) is 38.8 Å². The van der Waals surface area contributed by atoms with Gasteiger partial charge in [-0.25, -0.2) is 0 Å². The first-order valence-electron chi connectivity index (χ1n) is 8.57. The lowest BCUT2D eigenvalue weighted by molar-refractivity contribution is 0.253. The molecule has 2 N–H and O–H groups in total. The maximum absolute atomic E-state index is 3.74. The minimum atomic E-state index is 0.657. The molecule has 21 heavy (non-hydrogen) atoms. The van der Waals surface area contributed by atoms with Gasteiger partial charge in [-0.1, -0.05) is 18.2 Å². The Bertz CT molecular complexity index is 420. The van der Waals surface area contributed by atoms with Crippen molar-refractivity contribution in [1.82, 2.24) is 10.6 Å². The van der Waals surface area contributed by atoms with Gasteiger partial charge in [0.05, 0.1) is 0 Å². The van der Waals surface area contributed by atoms with Crippen LogP contribution in [0.5, 0.6) is 0 Å². The van der Waals surface area contributed by atoms with E-state index in [-0.39, 0.29) is 0 Å². The number of nitrogens with zero attached hydrogens (tertiary/aromatic N) is 1. The molecule has 0 aliphatic carbocycles. The van der Waals surface area contributed by atoms with E-state index >= 15 is 0 Å². The average molecular weight is 287 g/mol. The third-order valence-corrected chi connectivity index (χ3v) is 5.18. The van der Waals surface area contributed by atoms with E-state index in [1.807, 2.05) is 0 Å². The highest BCUT2D eigenvalue weighted by atomic mass is 15.1. The van der Waals surface area contributed by atoms with Crippen LogP contribution in [0.3, 0.4) is 0 Å². The number of nitrogens with one attached hydrogen (secondary N) is 2. The van der Waals surface area contributed by atoms with Crippen molar-refractivity contribution in [2.75, 3.05) is 31.6 Å². The fourth-order valence-corrected chi connectivity index (χ4v) is 4.04. The van der Waals surface area contributed by atoms with Crippen molar-refractivity contribution < 1.29 is 0 Å². The van der Waals surface area contributed by atoms with Crippen LogP contribution in [0.2, 0.25) is 0 Å². The topological polar surface area (TPSA) is 27.3 Å². The van der Waals surface area contributed by atoms with Crippen LogP contribution in [0.4, 0.5) is 5.69 Å². The second-order valence-electron chi connectivity index (χ2n) is 6.62. The molecule has 2 aliphatic rings. The van der Waals surface area contributed by atoms with Gasteiger partial charge in [0.25, 0.3) is 0 Å². The Balaban J connectivity index is 1.58. The summed E-state index contributed by atoms with van der Waals surface area (Å²) in [4.78, 5) is 2.57. The highest BCUT2D eigenvalue weighted by Gasteiger charge is 2.28. The Morgan fingerprint density at radius 1 is 1.19 bits per heavy atom. The second-order valence-corrected chi connectivity index (χ2v) is 6.62. The van der Waals surface area contributed by atoms with Crippen molar-refractivity contribution in [2.24, 2.45) is 5.92 Å². The monoisotopic (exact) mass is 287 g/mol. The Morgan fingerprint density at radius 2 is 2.05 bits per heavy atom. The zero-order chi connectivity index (χ0) is 14.5. The Labute approximate surface area is 129 Å². The van der Waals surface area contributed by atoms with Crippen molar-refractivity contribution in [3.63, 3.8) is 0 Å². The van der Waals surface area contributed by atoms with Gasteiger partial charge < -0.3 is 15.5 Å². The molecule has 0 aromatic heterocycles. The average Bonchev–Trinajstić information content (AvgIpc) is 2.56. The molecule has 3 atom stereocenters. The zero-order valence-electron chi connectivity index (χ0n) is 13.2. The van der Waals surface area contributed by atoms with Crippen LogP contribution in [0.25, 0.3) is 0 Å². The molecule has 0 saturated carbocycles. The summed E-state index contributed by atoms with van der Waals surface area (Å²) in [5.74, 6) is 0.824. The van der Waals surface area contributed by atoms with Crippen LogP contribution in [-0.2, 0) is 0 Å². The molecule has 0 bridgehead atoms. The summed E-state index contributed by atoms with van der Waals surface area (Å²) in [6, 6.07) is 12.2. The van der Waals surface area contributed by atoms with E-state index in [1.54, 1.807) is 0 Å². The maximum Gasteiger partial charge on any atom is 0.0366 e.